The molecule has 1 amide bonds. The van der Waals surface area contributed by atoms with Gasteiger partial charge < -0.3 is 10.6 Å². The standard InChI is InChI=1S/C16H22N2O.ClH/c1-16(2,3)15(19)18-14-11-7-5-4-6-10(11)12-8-17-9-13(12)14;/h4-7,12-14,17H,8-9H2,1-3H3,(H,18,19);1H/t12-,13-,14+;/m0./s1. The van der Waals surface area contributed by atoms with E-state index in [2.05, 4.69) is 34.9 Å². The predicted molar refractivity (Wildman–Crippen MR) is 83.1 cm³/mol. The van der Waals surface area contributed by atoms with Crippen LogP contribution in [0.25, 0.3) is 0 Å². The number of hydrogen-bond acceptors (Lipinski definition) is 2. The highest BCUT2D eigenvalue weighted by molar-refractivity contribution is 5.85. The molecule has 1 saturated heterocycles. The van der Waals surface area contributed by atoms with Crippen LogP contribution >= 0.6 is 12.4 Å². The van der Waals surface area contributed by atoms with Gasteiger partial charge in [-0.05, 0) is 11.1 Å². The molecule has 0 saturated carbocycles. The second-order valence-electron chi connectivity index (χ2n) is 6.76. The van der Waals surface area contributed by atoms with Crippen LogP contribution in [-0.4, -0.2) is 19.0 Å². The van der Waals surface area contributed by atoms with Crippen molar-refractivity contribution in [2.75, 3.05) is 13.1 Å². The van der Waals surface area contributed by atoms with Crippen LogP contribution in [0.1, 0.15) is 43.9 Å². The summed E-state index contributed by atoms with van der Waals surface area (Å²) in [7, 11) is 0. The van der Waals surface area contributed by atoms with Gasteiger partial charge in [0.1, 0.15) is 0 Å². The van der Waals surface area contributed by atoms with Crippen LogP contribution in [0.4, 0.5) is 0 Å². The number of carbonyl (C=O) groups is 1. The maximum absolute atomic E-state index is 12.3. The third kappa shape index (κ3) is 2.45. The van der Waals surface area contributed by atoms with Crippen LogP contribution in [0.15, 0.2) is 24.3 Å². The van der Waals surface area contributed by atoms with Gasteiger partial charge in [0.2, 0.25) is 5.91 Å². The van der Waals surface area contributed by atoms with Crippen molar-refractivity contribution in [3.8, 4) is 0 Å². The van der Waals surface area contributed by atoms with Gasteiger partial charge in [-0.25, -0.2) is 0 Å². The molecule has 0 bridgehead atoms. The van der Waals surface area contributed by atoms with E-state index in [1.807, 2.05) is 20.8 Å². The van der Waals surface area contributed by atoms with Crippen LogP contribution in [0, 0.1) is 11.3 Å². The molecule has 0 spiro atoms. The van der Waals surface area contributed by atoms with E-state index in [0.717, 1.165) is 13.1 Å². The molecule has 3 nitrogen and oxygen atoms in total. The van der Waals surface area contributed by atoms with Crippen molar-refractivity contribution >= 4 is 18.3 Å². The van der Waals surface area contributed by atoms with Crippen molar-refractivity contribution < 1.29 is 4.79 Å². The average Bonchev–Trinajstić information content (AvgIpc) is 2.91. The molecule has 3 rings (SSSR count). The van der Waals surface area contributed by atoms with E-state index in [9.17, 15) is 4.79 Å². The molecule has 1 aromatic carbocycles. The molecule has 0 radical (unpaired) electrons. The number of rotatable bonds is 1. The normalized spacial score (nSPS) is 27.4. The van der Waals surface area contributed by atoms with Crippen LogP contribution in [0.2, 0.25) is 0 Å². The van der Waals surface area contributed by atoms with E-state index in [1.54, 1.807) is 0 Å². The first-order valence-corrected chi connectivity index (χ1v) is 7.09. The molecule has 0 aromatic heterocycles. The first-order valence-electron chi connectivity index (χ1n) is 7.09. The van der Waals surface area contributed by atoms with Crippen LogP contribution < -0.4 is 10.6 Å². The van der Waals surface area contributed by atoms with Gasteiger partial charge in [0, 0.05) is 30.3 Å². The highest BCUT2D eigenvalue weighted by Crippen LogP contribution is 2.46. The zero-order valence-electron chi connectivity index (χ0n) is 12.3. The van der Waals surface area contributed by atoms with Gasteiger partial charge in [-0.3, -0.25) is 4.79 Å². The Morgan fingerprint density at radius 2 is 1.85 bits per heavy atom. The molecule has 20 heavy (non-hydrogen) atoms. The molecule has 3 atom stereocenters. The van der Waals surface area contributed by atoms with Gasteiger partial charge >= 0.3 is 0 Å². The molecule has 4 heteroatoms. The molecule has 1 aromatic rings. The van der Waals surface area contributed by atoms with Crippen LogP contribution in [0.3, 0.4) is 0 Å². The highest BCUT2D eigenvalue weighted by Gasteiger charge is 2.44. The van der Waals surface area contributed by atoms with Gasteiger partial charge in [-0.2, -0.15) is 0 Å². The van der Waals surface area contributed by atoms with Gasteiger partial charge in [0.15, 0.2) is 0 Å². The highest BCUT2D eigenvalue weighted by atomic mass is 35.5. The van der Waals surface area contributed by atoms with Crippen LogP contribution in [0.5, 0.6) is 0 Å². The van der Waals surface area contributed by atoms with E-state index in [-0.39, 0.29) is 29.8 Å². The molecular weight excluding hydrogens is 272 g/mol. The van der Waals surface area contributed by atoms with E-state index in [4.69, 9.17) is 0 Å². The number of carbonyl (C=O) groups excluding carboxylic acids is 1. The molecule has 110 valence electrons. The molecule has 0 unspecified atom stereocenters. The molecule has 2 aliphatic rings. The average molecular weight is 295 g/mol. The van der Waals surface area contributed by atoms with E-state index >= 15 is 0 Å². The summed E-state index contributed by atoms with van der Waals surface area (Å²) in [4.78, 5) is 12.3. The van der Waals surface area contributed by atoms with Gasteiger partial charge in [-0.1, -0.05) is 45.0 Å². The smallest absolute Gasteiger partial charge is 0.225 e. The summed E-state index contributed by atoms with van der Waals surface area (Å²) in [5, 5.41) is 6.72. The Kier molecular flexibility index (Phi) is 4.12. The van der Waals surface area contributed by atoms with Crippen molar-refractivity contribution in [3.05, 3.63) is 35.4 Å². The topological polar surface area (TPSA) is 41.1 Å². The lowest BCUT2D eigenvalue weighted by Gasteiger charge is -2.25. The summed E-state index contributed by atoms with van der Waals surface area (Å²) in [6.45, 7) is 7.92. The lowest BCUT2D eigenvalue weighted by molar-refractivity contribution is -0.129. The second kappa shape index (κ2) is 5.38. The predicted octanol–water partition coefficient (Wildman–Crippen LogP) is 2.63. The van der Waals surface area contributed by atoms with Gasteiger partial charge in [0.05, 0.1) is 6.04 Å². The van der Waals surface area contributed by atoms with E-state index < -0.39 is 0 Å². The summed E-state index contributed by atoms with van der Waals surface area (Å²) in [6.07, 6.45) is 0. The monoisotopic (exact) mass is 294 g/mol. The lowest BCUT2D eigenvalue weighted by Crippen LogP contribution is -2.39. The van der Waals surface area contributed by atoms with Crippen molar-refractivity contribution in [1.29, 1.82) is 0 Å². The summed E-state index contributed by atoms with van der Waals surface area (Å²) in [6, 6.07) is 8.72. The van der Waals surface area contributed by atoms with Gasteiger partial charge in [0.25, 0.3) is 0 Å². The van der Waals surface area contributed by atoms with Crippen molar-refractivity contribution in [2.45, 2.75) is 32.7 Å². The second-order valence-corrected chi connectivity index (χ2v) is 6.76. The fourth-order valence-corrected chi connectivity index (χ4v) is 3.29. The molecule has 1 aliphatic heterocycles. The Hall–Kier alpha value is -1.06. The number of hydrogen-bond donors (Lipinski definition) is 2. The summed E-state index contributed by atoms with van der Waals surface area (Å²) in [5.74, 6) is 1.20. The minimum absolute atomic E-state index is 0. The van der Waals surface area contributed by atoms with Crippen molar-refractivity contribution in [3.63, 3.8) is 0 Å². The summed E-state index contributed by atoms with van der Waals surface area (Å²) < 4.78 is 0. The number of benzene rings is 1. The number of fused-ring (bicyclic) bond motifs is 3. The zero-order chi connectivity index (χ0) is 13.6. The van der Waals surface area contributed by atoms with E-state index in [0.29, 0.717) is 11.8 Å². The van der Waals surface area contributed by atoms with Crippen molar-refractivity contribution in [1.82, 2.24) is 10.6 Å². The Morgan fingerprint density at radius 3 is 2.50 bits per heavy atom. The first-order chi connectivity index (χ1) is 8.98. The fourth-order valence-electron chi connectivity index (χ4n) is 3.29. The maximum atomic E-state index is 12.3. The summed E-state index contributed by atoms with van der Waals surface area (Å²) in [5.41, 5.74) is 2.40. The lowest BCUT2D eigenvalue weighted by atomic mass is 9.91. The SMILES string of the molecule is CC(C)(C)C(=O)N[C@@H]1c2ccccc2[C@@H]2CNC[C@H]12.Cl. The Bertz CT molecular complexity index is 509. The number of halogens is 1. The Labute approximate surface area is 126 Å². The quantitative estimate of drug-likeness (QED) is 0.836. The third-order valence-corrected chi connectivity index (χ3v) is 4.39. The zero-order valence-corrected chi connectivity index (χ0v) is 13.1. The van der Waals surface area contributed by atoms with E-state index in [1.165, 1.54) is 11.1 Å². The van der Waals surface area contributed by atoms with Gasteiger partial charge in [-0.15, -0.1) is 12.4 Å². The summed E-state index contributed by atoms with van der Waals surface area (Å²) >= 11 is 0. The molecule has 1 fully saturated rings. The maximum Gasteiger partial charge on any atom is 0.225 e. The third-order valence-electron chi connectivity index (χ3n) is 4.39. The molecule has 2 N–H and O–H groups in total. The Morgan fingerprint density at radius 1 is 1.20 bits per heavy atom. The largest absolute Gasteiger partial charge is 0.348 e. The number of nitrogens with one attached hydrogen (secondary N) is 2. The molecule has 1 aliphatic carbocycles. The fraction of sp³-hybridized carbons (Fsp3) is 0.562. The molecular formula is C16H23ClN2O. The Balaban J connectivity index is 0.00000147. The first kappa shape index (κ1) is 15.3. The minimum Gasteiger partial charge on any atom is -0.348 e. The van der Waals surface area contributed by atoms with Crippen molar-refractivity contribution in [2.24, 2.45) is 11.3 Å². The molecule has 1 heterocycles. The minimum atomic E-state index is -0.334. The number of amides is 1. The van der Waals surface area contributed by atoms with Crippen LogP contribution in [-0.2, 0) is 4.79 Å².